The molecule has 1 aliphatic heterocycles. The number of rotatable bonds is 13. The van der Waals surface area contributed by atoms with Gasteiger partial charge in [0.2, 0.25) is 5.91 Å². The van der Waals surface area contributed by atoms with Crippen molar-refractivity contribution in [3.05, 3.63) is 67.8 Å². The number of esters is 1. The molecule has 1 heterocycles. The van der Waals surface area contributed by atoms with Gasteiger partial charge in [0.25, 0.3) is 11.4 Å². The quantitative estimate of drug-likeness (QED) is 0.0809. The number of carbonyl (C=O) groups is 3. The maximum atomic E-state index is 11.9. The first-order valence-electron chi connectivity index (χ1n) is 13.8. The molecule has 1 saturated heterocycles. The van der Waals surface area contributed by atoms with E-state index < -0.39 is 39.2 Å². The highest BCUT2D eigenvalue weighted by Gasteiger charge is 2.24. The van der Waals surface area contributed by atoms with Crippen LogP contribution >= 0.6 is 0 Å². The normalized spacial score (nSPS) is 12.9. The zero-order valence-corrected chi connectivity index (χ0v) is 24.9. The molecule has 1 fully saturated rings. The van der Waals surface area contributed by atoms with Crippen LogP contribution in [0.3, 0.4) is 0 Å². The maximum absolute atomic E-state index is 11.9. The van der Waals surface area contributed by atoms with E-state index in [4.69, 9.17) is 20.3 Å². The Morgan fingerprint density at radius 2 is 1.52 bits per heavy atom. The van der Waals surface area contributed by atoms with Crippen LogP contribution in [0, 0.1) is 38.0 Å². The first kappa shape index (κ1) is 34.4. The van der Waals surface area contributed by atoms with E-state index in [1.54, 1.807) is 12.2 Å². The summed E-state index contributed by atoms with van der Waals surface area (Å²) in [5.74, 6) is 4.18. The number of nitrogens with zero attached hydrogens (tertiary/aromatic N) is 3. The number of methoxy groups -OCH3 is 2. The third-order valence-electron chi connectivity index (χ3n) is 6.81. The first-order chi connectivity index (χ1) is 22.0. The van der Waals surface area contributed by atoms with Crippen molar-refractivity contribution in [3.63, 3.8) is 0 Å². The van der Waals surface area contributed by atoms with Crippen LogP contribution in [0.25, 0.3) is 0 Å². The average molecular weight is 641 g/mol. The molecule has 2 aromatic rings. The second-order valence-corrected chi connectivity index (χ2v) is 9.70. The molecule has 2 amide bonds. The van der Waals surface area contributed by atoms with Gasteiger partial charge < -0.3 is 40.6 Å². The lowest BCUT2D eigenvalue weighted by Crippen LogP contribution is -2.37. The zero-order valence-electron chi connectivity index (χ0n) is 24.9. The number of benzene rings is 2. The molecule has 17 nitrogen and oxygen atoms in total. The molecule has 0 aliphatic carbocycles. The highest BCUT2D eigenvalue weighted by atomic mass is 16.6. The molecule has 0 atom stereocenters. The van der Waals surface area contributed by atoms with E-state index >= 15 is 0 Å². The minimum atomic E-state index is -0.979. The molecule has 0 radical (unpaired) electrons. The summed E-state index contributed by atoms with van der Waals surface area (Å²) in [6.45, 7) is 0.687. The van der Waals surface area contributed by atoms with Crippen LogP contribution in [0.5, 0.6) is 11.5 Å². The van der Waals surface area contributed by atoms with Crippen molar-refractivity contribution >= 4 is 40.7 Å². The SMILES string of the molecule is COC(=O)c1cc(OC)c(NC/C=C/CNc2c(OCC#CC3CCN(C(=O)O)CC3)cc(C(N)=O)cc2[N+](=O)[O-])c([N+](=O)[O-])c1. The first-order valence-corrected chi connectivity index (χ1v) is 13.8. The number of hydrogen-bond acceptors (Lipinski definition) is 12. The molecule has 0 saturated carbocycles. The molecule has 0 spiro atoms. The van der Waals surface area contributed by atoms with Crippen molar-refractivity contribution in [2.75, 3.05) is 57.6 Å². The van der Waals surface area contributed by atoms with Crippen LogP contribution in [-0.2, 0) is 4.74 Å². The van der Waals surface area contributed by atoms with Crippen LogP contribution in [0.2, 0.25) is 0 Å². The minimum absolute atomic E-state index is 0.0275. The van der Waals surface area contributed by atoms with E-state index in [-0.39, 0.29) is 59.6 Å². The van der Waals surface area contributed by atoms with Crippen molar-refractivity contribution < 1.29 is 43.5 Å². The molecule has 0 aromatic heterocycles. The van der Waals surface area contributed by atoms with Crippen LogP contribution in [0.1, 0.15) is 33.6 Å². The van der Waals surface area contributed by atoms with Gasteiger partial charge >= 0.3 is 12.1 Å². The van der Waals surface area contributed by atoms with Gasteiger partial charge in [0.15, 0.2) is 17.1 Å². The van der Waals surface area contributed by atoms with Crippen molar-refractivity contribution in [2.45, 2.75) is 12.8 Å². The number of likely N-dealkylation sites (tertiary alicyclic amines) is 1. The Labute approximate surface area is 262 Å². The van der Waals surface area contributed by atoms with Gasteiger partial charge in [-0.25, -0.2) is 9.59 Å². The molecular weight excluding hydrogens is 608 g/mol. The number of primary amides is 1. The lowest BCUT2D eigenvalue weighted by atomic mass is 9.98. The minimum Gasteiger partial charge on any atom is -0.494 e. The van der Waals surface area contributed by atoms with E-state index in [9.17, 15) is 34.6 Å². The number of amides is 2. The van der Waals surface area contributed by atoms with Crippen LogP contribution < -0.4 is 25.8 Å². The van der Waals surface area contributed by atoms with E-state index in [1.165, 1.54) is 24.1 Å². The molecule has 1 aliphatic rings. The number of nitro groups is 2. The summed E-state index contributed by atoms with van der Waals surface area (Å²) >= 11 is 0. The van der Waals surface area contributed by atoms with E-state index in [1.807, 2.05) is 0 Å². The van der Waals surface area contributed by atoms with Gasteiger partial charge in [0, 0.05) is 49.8 Å². The molecule has 3 rings (SSSR count). The molecule has 0 unspecified atom stereocenters. The van der Waals surface area contributed by atoms with Crippen LogP contribution in [-0.4, -0.2) is 84.8 Å². The van der Waals surface area contributed by atoms with Gasteiger partial charge in [0.05, 0.1) is 29.6 Å². The molecule has 244 valence electrons. The van der Waals surface area contributed by atoms with Crippen molar-refractivity contribution in [2.24, 2.45) is 11.7 Å². The standard InChI is InChI=1S/C29H32N6O11/c1-44-23-17-20(28(37)45-2)15-22(35(42)43)25(23)31-9-3-4-10-32-26-21(34(40)41)14-19(27(30)36)16-24(26)46-13-5-6-18-7-11-33(12-8-18)29(38)39/h3-4,14-18,31-32H,7-13H2,1-2H3,(H2,30,36)(H,38,39)/b4-3+. The van der Waals surface area contributed by atoms with E-state index in [0.29, 0.717) is 25.9 Å². The summed E-state index contributed by atoms with van der Waals surface area (Å²) in [6, 6.07) is 4.65. The Morgan fingerprint density at radius 3 is 2.02 bits per heavy atom. The van der Waals surface area contributed by atoms with Crippen LogP contribution in [0.15, 0.2) is 36.4 Å². The number of anilines is 2. The number of nitrogens with one attached hydrogen (secondary N) is 2. The summed E-state index contributed by atoms with van der Waals surface area (Å²) in [4.78, 5) is 58.2. The van der Waals surface area contributed by atoms with Crippen molar-refractivity contribution in [3.8, 4) is 23.3 Å². The highest BCUT2D eigenvalue weighted by molar-refractivity contribution is 5.96. The molecule has 0 bridgehead atoms. The smallest absolute Gasteiger partial charge is 0.407 e. The van der Waals surface area contributed by atoms with Crippen LogP contribution in [0.4, 0.5) is 27.5 Å². The van der Waals surface area contributed by atoms with Crippen molar-refractivity contribution in [1.29, 1.82) is 0 Å². The van der Waals surface area contributed by atoms with E-state index in [0.717, 1.165) is 19.2 Å². The number of nitro benzene ring substituents is 2. The fourth-order valence-corrected chi connectivity index (χ4v) is 4.50. The van der Waals surface area contributed by atoms with Gasteiger partial charge in [-0.15, -0.1) is 0 Å². The summed E-state index contributed by atoms with van der Waals surface area (Å²) in [7, 11) is 2.43. The molecule has 5 N–H and O–H groups in total. The third-order valence-corrected chi connectivity index (χ3v) is 6.81. The number of carboxylic acid groups (broad SMARTS) is 1. The summed E-state index contributed by atoms with van der Waals surface area (Å²) < 4.78 is 15.5. The monoisotopic (exact) mass is 640 g/mol. The van der Waals surface area contributed by atoms with Gasteiger partial charge in [-0.05, 0) is 25.0 Å². The lowest BCUT2D eigenvalue weighted by Gasteiger charge is -2.27. The Kier molecular flexibility index (Phi) is 12.1. The van der Waals surface area contributed by atoms with Gasteiger partial charge in [0.1, 0.15) is 12.4 Å². The topological polar surface area (TPSA) is 239 Å². The fraction of sp³-hybridized carbons (Fsp3) is 0.345. The van der Waals surface area contributed by atoms with Crippen molar-refractivity contribution in [1.82, 2.24) is 4.90 Å². The fourth-order valence-electron chi connectivity index (χ4n) is 4.50. The maximum Gasteiger partial charge on any atom is 0.407 e. The molecule has 46 heavy (non-hydrogen) atoms. The number of ether oxygens (including phenoxy) is 3. The molecular formula is C29H32N6O11. The Balaban J connectivity index is 1.71. The second-order valence-electron chi connectivity index (χ2n) is 9.70. The molecule has 17 heteroatoms. The lowest BCUT2D eigenvalue weighted by molar-refractivity contribution is -0.384. The van der Waals surface area contributed by atoms with Gasteiger partial charge in [-0.2, -0.15) is 0 Å². The predicted molar refractivity (Wildman–Crippen MR) is 164 cm³/mol. The number of carbonyl (C=O) groups excluding carboxylic acids is 2. The molecule has 2 aromatic carbocycles. The second kappa shape index (κ2) is 16.1. The predicted octanol–water partition coefficient (Wildman–Crippen LogP) is 3.25. The number of nitrogens with two attached hydrogens (primary N) is 1. The Hall–Kier alpha value is -6.05. The Morgan fingerprint density at radius 1 is 0.978 bits per heavy atom. The summed E-state index contributed by atoms with van der Waals surface area (Å²) in [6.07, 6.45) is 3.33. The Bertz CT molecular complexity index is 1590. The number of piperidine rings is 1. The van der Waals surface area contributed by atoms with E-state index in [2.05, 4.69) is 27.2 Å². The number of hydrogen-bond donors (Lipinski definition) is 4. The summed E-state index contributed by atoms with van der Waals surface area (Å²) in [5.41, 5.74) is 4.29. The average Bonchev–Trinajstić information content (AvgIpc) is 3.03. The largest absolute Gasteiger partial charge is 0.494 e. The van der Waals surface area contributed by atoms with Gasteiger partial charge in [-0.1, -0.05) is 24.0 Å². The summed E-state index contributed by atoms with van der Waals surface area (Å²) in [5, 5.41) is 38.3. The zero-order chi connectivity index (χ0) is 33.8. The highest BCUT2D eigenvalue weighted by Crippen LogP contribution is 2.37. The third kappa shape index (κ3) is 8.98. The van der Waals surface area contributed by atoms with Gasteiger partial charge in [-0.3, -0.25) is 25.0 Å².